The first-order chi connectivity index (χ1) is 6.88. The molecule has 14 heavy (non-hydrogen) atoms. The summed E-state index contributed by atoms with van der Waals surface area (Å²) < 4.78 is 0. The third kappa shape index (κ3) is 2.71. The molecule has 0 saturated carbocycles. The van der Waals surface area contributed by atoms with Crippen LogP contribution in [0.3, 0.4) is 0 Å². The lowest BCUT2D eigenvalue weighted by Gasteiger charge is -2.32. The van der Waals surface area contributed by atoms with Crippen molar-refractivity contribution in [3.05, 3.63) is 0 Å². The maximum Gasteiger partial charge on any atom is -0.00162 e. The van der Waals surface area contributed by atoms with Gasteiger partial charge in [-0.2, -0.15) is 0 Å². The van der Waals surface area contributed by atoms with Crippen LogP contribution in [-0.4, -0.2) is 37.6 Å². The van der Waals surface area contributed by atoms with Crippen molar-refractivity contribution in [2.24, 2.45) is 11.8 Å². The van der Waals surface area contributed by atoms with E-state index in [1.807, 2.05) is 0 Å². The first-order valence-electron chi connectivity index (χ1n) is 6.31. The number of nitrogens with one attached hydrogen (secondary N) is 1. The largest absolute Gasteiger partial charge is 0.316 e. The topological polar surface area (TPSA) is 15.3 Å². The number of hydrogen-bond donors (Lipinski definition) is 1. The van der Waals surface area contributed by atoms with Gasteiger partial charge in [0.15, 0.2) is 0 Å². The van der Waals surface area contributed by atoms with Gasteiger partial charge in [0, 0.05) is 0 Å². The van der Waals surface area contributed by atoms with Crippen molar-refractivity contribution in [2.75, 3.05) is 32.7 Å². The Bertz CT molecular complexity index is 156. The molecule has 1 N–H and O–H groups in total. The molecular formula is C12H24N2. The number of likely N-dealkylation sites (tertiary alicyclic amines) is 1. The molecular weight excluding hydrogens is 172 g/mol. The van der Waals surface area contributed by atoms with Crippen molar-refractivity contribution in [1.82, 2.24) is 10.2 Å². The van der Waals surface area contributed by atoms with Crippen LogP contribution in [0.15, 0.2) is 0 Å². The van der Waals surface area contributed by atoms with Gasteiger partial charge in [0.1, 0.15) is 0 Å². The molecule has 0 aromatic rings. The molecule has 2 heterocycles. The number of nitrogens with zero attached hydrogens (tertiary/aromatic N) is 1. The fourth-order valence-corrected chi connectivity index (χ4v) is 2.93. The van der Waals surface area contributed by atoms with Gasteiger partial charge < -0.3 is 10.2 Å². The van der Waals surface area contributed by atoms with Crippen LogP contribution >= 0.6 is 0 Å². The Morgan fingerprint density at radius 1 is 1.14 bits per heavy atom. The van der Waals surface area contributed by atoms with Gasteiger partial charge in [-0.25, -0.2) is 0 Å². The highest BCUT2D eigenvalue weighted by Crippen LogP contribution is 2.26. The number of hydrogen-bond acceptors (Lipinski definition) is 2. The predicted molar refractivity (Wildman–Crippen MR) is 60.4 cm³/mol. The molecule has 2 nitrogen and oxygen atoms in total. The monoisotopic (exact) mass is 196 g/mol. The average molecular weight is 196 g/mol. The maximum atomic E-state index is 3.47. The van der Waals surface area contributed by atoms with Crippen molar-refractivity contribution >= 4 is 0 Å². The zero-order valence-electron chi connectivity index (χ0n) is 9.47. The summed E-state index contributed by atoms with van der Waals surface area (Å²) in [5.74, 6) is 2.02. The Balaban J connectivity index is 1.67. The first-order valence-corrected chi connectivity index (χ1v) is 6.31. The maximum absolute atomic E-state index is 3.47. The third-order valence-electron chi connectivity index (χ3n) is 3.98. The summed E-state index contributed by atoms with van der Waals surface area (Å²) >= 11 is 0. The summed E-state index contributed by atoms with van der Waals surface area (Å²) in [5, 5.41) is 3.47. The van der Waals surface area contributed by atoms with Crippen LogP contribution in [0.4, 0.5) is 0 Å². The van der Waals surface area contributed by atoms with Crippen LogP contribution < -0.4 is 5.32 Å². The van der Waals surface area contributed by atoms with Crippen LogP contribution in [0, 0.1) is 11.8 Å². The Hall–Kier alpha value is -0.0800. The predicted octanol–water partition coefficient (Wildman–Crippen LogP) is 1.72. The molecule has 2 rings (SSSR count). The second kappa shape index (κ2) is 5.13. The minimum absolute atomic E-state index is 0.994. The molecule has 1 unspecified atom stereocenters. The molecule has 0 amide bonds. The molecule has 0 bridgehead atoms. The van der Waals surface area contributed by atoms with Crippen molar-refractivity contribution in [3.63, 3.8) is 0 Å². The summed E-state index contributed by atoms with van der Waals surface area (Å²) in [6, 6.07) is 0. The van der Waals surface area contributed by atoms with Crippen molar-refractivity contribution < 1.29 is 0 Å². The fourth-order valence-electron chi connectivity index (χ4n) is 2.93. The van der Waals surface area contributed by atoms with E-state index in [2.05, 4.69) is 17.1 Å². The second-order valence-corrected chi connectivity index (χ2v) is 4.97. The van der Waals surface area contributed by atoms with Gasteiger partial charge in [0.05, 0.1) is 0 Å². The lowest BCUT2D eigenvalue weighted by atomic mass is 9.87. The molecule has 2 aliphatic heterocycles. The molecule has 2 fully saturated rings. The van der Waals surface area contributed by atoms with Gasteiger partial charge in [0.25, 0.3) is 0 Å². The Labute approximate surface area is 88.1 Å². The molecule has 2 saturated heterocycles. The lowest BCUT2D eigenvalue weighted by molar-refractivity contribution is 0.175. The summed E-state index contributed by atoms with van der Waals surface area (Å²) in [4.78, 5) is 2.59. The third-order valence-corrected chi connectivity index (χ3v) is 3.98. The van der Waals surface area contributed by atoms with Crippen LogP contribution in [-0.2, 0) is 0 Å². The lowest BCUT2D eigenvalue weighted by Crippen LogP contribution is -2.34. The van der Waals surface area contributed by atoms with Crippen LogP contribution in [0.25, 0.3) is 0 Å². The summed E-state index contributed by atoms with van der Waals surface area (Å²) in [6.45, 7) is 8.77. The van der Waals surface area contributed by atoms with E-state index in [0.29, 0.717) is 0 Å². The fraction of sp³-hybridized carbons (Fsp3) is 1.00. The van der Waals surface area contributed by atoms with Gasteiger partial charge in [-0.3, -0.25) is 0 Å². The number of rotatable bonds is 3. The SMILES string of the molecule is CCN1CCC(CC2CCNC2)CC1. The molecule has 2 aliphatic rings. The van der Waals surface area contributed by atoms with Gasteiger partial charge in [-0.05, 0) is 70.2 Å². The van der Waals surface area contributed by atoms with Crippen molar-refractivity contribution in [3.8, 4) is 0 Å². The molecule has 82 valence electrons. The van der Waals surface area contributed by atoms with Crippen LogP contribution in [0.2, 0.25) is 0 Å². The highest BCUT2D eigenvalue weighted by atomic mass is 15.1. The van der Waals surface area contributed by atoms with E-state index in [4.69, 9.17) is 0 Å². The quantitative estimate of drug-likeness (QED) is 0.739. The molecule has 0 aromatic heterocycles. The molecule has 2 heteroatoms. The highest BCUT2D eigenvalue weighted by Gasteiger charge is 2.23. The van der Waals surface area contributed by atoms with Gasteiger partial charge in [-0.1, -0.05) is 6.92 Å². The van der Waals surface area contributed by atoms with Gasteiger partial charge in [0.2, 0.25) is 0 Å². The minimum Gasteiger partial charge on any atom is -0.316 e. The van der Waals surface area contributed by atoms with Gasteiger partial charge >= 0.3 is 0 Å². The van der Waals surface area contributed by atoms with E-state index >= 15 is 0 Å². The van der Waals surface area contributed by atoms with E-state index in [1.54, 1.807) is 0 Å². The zero-order valence-corrected chi connectivity index (χ0v) is 9.47. The second-order valence-electron chi connectivity index (χ2n) is 4.97. The van der Waals surface area contributed by atoms with E-state index < -0.39 is 0 Å². The van der Waals surface area contributed by atoms with E-state index in [1.165, 1.54) is 58.4 Å². The van der Waals surface area contributed by atoms with E-state index in [9.17, 15) is 0 Å². The molecule has 1 atom stereocenters. The van der Waals surface area contributed by atoms with Gasteiger partial charge in [-0.15, -0.1) is 0 Å². The molecule has 0 aromatic carbocycles. The Kier molecular flexibility index (Phi) is 3.82. The summed E-state index contributed by atoms with van der Waals surface area (Å²) in [7, 11) is 0. The van der Waals surface area contributed by atoms with E-state index in [0.717, 1.165) is 11.8 Å². The Morgan fingerprint density at radius 3 is 2.50 bits per heavy atom. The smallest absolute Gasteiger partial charge is 0.00162 e. The minimum atomic E-state index is 0.994. The first kappa shape index (κ1) is 10.4. The van der Waals surface area contributed by atoms with Crippen molar-refractivity contribution in [2.45, 2.75) is 32.6 Å². The van der Waals surface area contributed by atoms with E-state index in [-0.39, 0.29) is 0 Å². The molecule has 0 spiro atoms. The normalized spacial score (nSPS) is 31.1. The summed E-state index contributed by atoms with van der Waals surface area (Å²) in [6.07, 6.45) is 5.81. The average Bonchev–Trinajstić information content (AvgIpc) is 2.72. The zero-order chi connectivity index (χ0) is 9.80. The molecule has 0 aliphatic carbocycles. The van der Waals surface area contributed by atoms with Crippen LogP contribution in [0.1, 0.15) is 32.6 Å². The Morgan fingerprint density at radius 2 is 1.93 bits per heavy atom. The summed E-state index contributed by atoms with van der Waals surface area (Å²) in [5.41, 5.74) is 0. The number of piperidine rings is 1. The highest BCUT2D eigenvalue weighted by molar-refractivity contribution is 4.78. The molecule has 0 radical (unpaired) electrons. The van der Waals surface area contributed by atoms with Crippen molar-refractivity contribution in [1.29, 1.82) is 0 Å². The standard InChI is InChI=1S/C12H24N2/c1-2-14-7-4-11(5-8-14)9-12-3-6-13-10-12/h11-13H,2-10H2,1H3. The van der Waals surface area contributed by atoms with Crippen LogP contribution in [0.5, 0.6) is 0 Å².